The number of nitrogens with one attached hydrogen (secondary N) is 2. The summed E-state index contributed by atoms with van der Waals surface area (Å²) in [6.07, 6.45) is 2.92. The minimum Gasteiger partial charge on any atom is -0.493 e. The topological polar surface area (TPSA) is 76.7 Å². The van der Waals surface area contributed by atoms with E-state index in [1.807, 2.05) is 45.9 Å². The lowest BCUT2D eigenvalue weighted by Gasteiger charge is -2.24. The van der Waals surface area contributed by atoms with Crippen LogP contribution in [0.4, 0.5) is 0 Å². The number of hydrogen-bond acceptors (Lipinski definition) is 4. The van der Waals surface area contributed by atoms with Gasteiger partial charge in [-0.2, -0.15) is 0 Å². The zero-order valence-electron chi connectivity index (χ0n) is 18.8. The number of aryl methyl sites for hydroxylation is 2. The third kappa shape index (κ3) is 7.17. The molecular formula is C25H32N2O4. The first kappa shape index (κ1) is 24.0. The van der Waals surface area contributed by atoms with Gasteiger partial charge in [0.05, 0.1) is 12.2 Å². The van der Waals surface area contributed by atoms with Crippen LogP contribution >= 0.6 is 0 Å². The van der Waals surface area contributed by atoms with Gasteiger partial charge in [-0.25, -0.2) is 0 Å². The van der Waals surface area contributed by atoms with Crippen molar-refractivity contribution in [3.63, 3.8) is 0 Å². The van der Waals surface area contributed by atoms with Crippen LogP contribution in [-0.2, 0) is 4.79 Å². The van der Waals surface area contributed by atoms with E-state index >= 15 is 0 Å². The molecule has 0 aliphatic heterocycles. The first-order valence-corrected chi connectivity index (χ1v) is 10.4. The Morgan fingerprint density at radius 3 is 2.52 bits per heavy atom. The van der Waals surface area contributed by atoms with Crippen molar-refractivity contribution < 1.29 is 19.1 Å². The Bertz CT molecular complexity index is 921. The van der Waals surface area contributed by atoms with E-state index in [-0.39, 0.29) is 12.5 Å². The Hall–Kier alpha value is -3.28. The molecule has 0 bridgehead atoms. The highest BCUT2D eigenvalue weighted by Crippen LogP contribution is 2.24. The van der Waals surface area contributed by atoms with Gasteiger partial charge in [-0.1, -0.05) is 50.8 Å². The number of hydrogen-bond donors (Lipinski definition) is 2. The first-order valence-electron chi connectivity index (χ1n) is 10.4. The molecule has 6 nitrogen and oxygen atoms in total. The number of rotatable bonds is 10. The maximum absolute atomic E-state index is 12.6. The minimum atomic E-state index is -0.669. The molecule has 31 heavy (non-hydrogen) atoms. The van der Waals surface area contributed by atoms with Gasteiger partial charge in [-0.3, -0.25) is 20.4 Å². The van der Waals surface area contributed by atoms with Gasteiger partial charge in [-0.15, -0.1) is 0 Å². The third-order valence-electron chi connectivity index (χ3n) is 4.94. The maximum Gasteiger partial charge on any atom is 0.273 e. The molecule has 0 aromatic heterocycles. The maximum atomic E-state index is 12.6. The van der Waals surface area contributed by atoms with Crippen LogP contribution in [0.15, 0.2) is 55.1 Å². The van der Waals surface area contributed by atoms with Crippen molar-refractivity contribution in [1.82, 2.24) is 10.9 Å². The standard InChI is InChI=1S/C25H32N2O4/c1-6-15-30-21-11-8-7-10-20(21)23(28)26-27-24(29)25(4,5)14-9-16-31-22-17-18(2)12-13-19(22)3/h6-8,10-13,17H,1,9,14-16H2,2-5H3,(H,26,28)(H,27,29). The largest absolute Gasteiger partial charge is 0.493 e. The fourth-order valence-electron chi connectivity index (χ4n) is 2.95. The van der Waals surface area contributed by atoms with Gasteiger partial charge in [-0.05, 0) is 56.0 Å². The van der Waals surface area contributed by atoms with Gasteiger partial charge in [0.25, 0.3) is 5.91 Å². The number of ether oxygens (including phenoxy) is 2. The fourth-order valence-corrected chi connectivity index (χ4v) is 2.95. The van der Waals surface area contributed by atoms with E-state index in [0.29, 0.717) is 30.8 Å². The van der Waals surface area contributed by atoms with Crippen LogP contribution < -0.4 is 20.3 Å². The fraction of sp³-hybridized carbons (Fsp3) is 0.360. The monoisotopic (exact) mass is 424 g/mol. The van der Waals surface area contributed by atoms with Crippen LogP contribution in [0.1, 0.15) is 48.2 Å². The highest BCUT2D eigenvalue weighted by atomic mass is 16.5. The van der Waals surface area contributed by atoms with Crippen LogP contribution in [0, 0.1) is 19.3 Å². The van der Waals surface area contributed by atoms with E-state index in [1.54, 1.807) is 30.3 Å². The van der Waals surface area contributed by atoms with Crippen molar-refractivity contribution >= 4 is 11.8 Å². The molecule has 6 heteroatoms. The van der Waals surface area contributed by atoms with Crippen molar-refractivity contribution in [2.75, 3.05) is 13.2 Å². The quantitative estimate of drug-likeness (QED) is 0.334. The summed E-state index contributed by atoms with van der Waals surface area (Å²) >= 11 is 0. The molecule has 0 fully saturated rings. The van der Waals surface area contributed by atoms with Gasteiger partial charge in [0.1, 0.15) is 18.1 Å². The van der Waals surface area contributed by atoms with Crippen LogP contribution in [0.25, 0.3) is 0 Å². The molecular weight excluding hydrogens is 392 g/mol. The number of hydrazine groups is 1. The van der Waals surface area contributed by atoms with Crippen molar-refractivity contribution in [2.24, 2.45) is 5.41 Å². The van der Waals surface area contributed by atoms with Crippen molar-refractivity contribution in [3.8, 4) is 11.5 Å². The highest BCUT2D eigenvalue weighted by molar-refractivity contribution is 5.98. The van der Waals surface area contributed by atoms with Gasteiger partial charge < -0.3 is 9.47 Å². The lowest BCUT2D eigenvalue weighted by molar-refractivity contribution is -0.130. The van der Waals surface area contributed by atoms with Gasteiger partial charge in [0.2, 0.25) is 5.91 Å². The molecule has 2 N–H and O–H groups in total. The molecule has 166 valence electrons. The predicted octanol–water partition coefficient (Wildman–Crippen LogP) is 4.51. The molecule has 0 aliphatic rings. The molecule has 0 saturated carbocycles. The summed E-state index contributed by atoms with van der Waals surface area (Å²) in [4.78, 5) is 25.1. The molecule has 0 heterocycles. The summed E-state index contributed by atoms with van der Waals surface area (Å²) < 4.78 is 11.4. The lowest BCUT2D eigenvalue weighted by Crippen LogP contribution is -2.47. The average molecular weight is 425 g/mol. The molecule has 2 amide bonds. The summed E-state index contributed by atoms with van der Waals surface area (Å²) in [5, 5.41) is 0. The summed E-state index contributed by atoms with van der Waals surface area (Å²) in [6.45, 7) is 12.1. The lowest BCUT2D eigenvalue weighted by atomic mass is 9.87. The molecule has 0 radical (unpaired) electrons. The normalized spacial score (nSPS) is 10.8. The Morgan fingerprint density at radius 1 is 1.03 bits per heavy atom. The van der Waals surface area contributed by atoms with E-state index in [9.17, 15) is 9.59 Å². The summed E-state index contributed by atoms with van der Waals surface area (Å²) in [5.74, 6) is 0.586. The predicted molar refractivity (Wildman–Crippen MR) is 122 cm³/mol. The van der Waals surface area contributed by atoms with Gasteiger partial charge >= 0.3 is 0 Å². The Morgan fingerprint density at radius 2 is 1.77 bits per heavy atom. The Kier molecular flexibility index (Phi) is 8.67. The molecule has 0 unspecified atom stereocenters. The number of carbonyl (C=O) groups is 2. The second-order valence-corrected chi connectivity index (χ2v) is 8.11. The zero-order chi connectivity index (χ0) is 22.9. The van der Waals surface area contributed by atoms with Gasteiger partial charge in [0, 0.05) is 5.41 Å². The van der Waals surface area contributed by atoms with Crippen LogP contribution in [-0.4, -0.2) is 25.0 Å². The second-order valence-electron chi connectivity index (χ2n) is 8.11. The van der Waals surface area contributed by atoms with Crippen molar-refractivity contribution in [2.45, 2.75) is 40.5 Å². The summed E-state index contributed by atoms with van der Waals surface area (Å²) in [5.41, 5.74) is 6.90. The molecule has 0 saturated heterocycles. The number of amides is 2. The van der Waals surface area contributed by atoms with E-state index in [0.717, 1.165) is 16.9 Å². The molecule has 0 spiro atoms. The van der Waals surface area contributed by atoms with Crippen LogP contribution in [0.5, 0.6) is 11.5 Å². The smallest absolute Gasteiger partial charge is 0.273 e. The van der Waals surface area contributed by atoms with Crippen molar-refractivity contribution in [3.05, 3.63) is 71.8 Å². The summed E-state index contributed by atoms with van der Waals surface area (Å²) in [6, 6.07) is 12.9. The number of para-hydroxylation sites is 1. The van der Waals surface area contributed by atoms with E-state index in [2.05, 4.69) is 17.4 Å². The zero-order valence-corrected chi connectivity index (χ0v) is 18.8. The van der Waals surface area contributed by atoms with Crippen LogP contribution in [0.3, 0.4) is 0 Å². The Labute approximate surface area is 184 Å². The first-order chi connectivity index (χ1) is 14.7. The second kappa shape index (κ2) is 11.2. The SMILES string of the molecule is C=CCOc1ccccc1C(=O)NNC(=O)C(C)(C)CCCOc1cc(C)ccc1C. The molecule has 2 aromatic carbocycles. The third-order valence-corrected chi connectivity index (χ3v) is 4.94. The van der Waals surface area contributed by atoms with Crippen molar-refractivity contribution in [1.29, 1.82) is 0 Å². The minimum absolute atomic E-state index is 0.267. The Balaban J connectivity index is 1.83. The molecule has 2 rings (SSSR count). The van der Waals surface area contributed by atoms with E-state index in [4.69, 9.17) is 9.47 Å². The van der Waals surface area contributed by atoms with Crippen LogP contribution in [0.2, 0.25) is 0 Å². The molecule has 2 aromatic rings. The number of benzene rings is 2. The number of carbonyl (C=O) groups excluding carboxylic acids is 2. The van der Waals surface area contributed by atoms with Gasteiger partial charge in [0.15, 0.2) is 0 Å². The van der Waals surface area contributed by atoms with E-state index in [1.165, 1.54) is 0 Å². The average Bonchev–Trinajstić information content (AvgIpc) is 2.75. The van der Waals surface area contributed by atoms with E-state index < -0.39 is 11.3 Å². The molecule has 0 atom stereocenters. The summed E-state index contributed by atoms with van der Waals surface area (Å²) in [7, 11) is 0. The highest BCUT2D eigenvalue weighted by Gasteiger charge is 2.28. The molecule has 0 aliphatic carbocycles.